The Labute approximate surface area is 116 Å². The van der Waals surface area contributed by atoms with Crippen LogP contribution in [0, 0.1) is 5.82 Å². The molecule has 5 heteroatoms. The van der Waals surface area contributed by atoms with E-state index >= 15 is 0 Å². The lowest BCUT2D eigenvalue weighted by atomic mass is 10.2. The number of carbonyl (C=O) groups is 1. The molecule has 2 aromatic rings. The van der Waals surface area contributed by atoms with Crippen molar-refractivity contribution >= 4 is 5.91 Å². The monoisotopic (exact) mass is 271 g/mol. The zero-order valence-electron chi connectivity index (χ0n) is 10.8. The van der Waals surface area contributed by atoms with Crippen LogP contribution < -0.4 is 5.32 Å². The molecule has 3 rings (SSSR count). The summed E-state index contributed by atoms with van der Waals surface area (Å²) in [5.74, 6) is -0.163. The van der Waals surface area contributed by atoms with Crippen molar-refractivity contribution in [3.05, 3.63) is 59.2 Å². The molecule has 1 saturated carbocycles. The smallest absolute Gasteiger partial charge is 0.272 e. The number of nitrogens with zero attached hydrogens (tertiary/aromatic N) is 2. The van der Waals surface area contributed by atoms with E-state index in [-0.39, 0.29) is 24.0 Å². The number of halogens is 1. The van der Waals surface area contributed by atoms with Gasteiger partial charge in [0.25, 0.3) is 5.91 Å². The number of amides is 1. The number of rotatable bonds is 4. The van der Waals surface area contributed by atoms with E-state index < -0.39 is 0 Å². The second-order valence-electron chi connectivity index (χ2n) is 4.89. The summed E-state index contributed by atoms with van der Waals surface area (Å²) in [4.78, 5) is 11.9. The number of aromatic nitrogens is 2. The van der Waals surface area contributed by atoms with E-state index in [9.17, 15) is 9.18 Å². The minimum absolute atomic E-state index is 0.136. The van der Waals surface area contributed by atoms with Gasteiger partial charge in [0.1, 0.15) is 5.82 Å². The van der Waals surface area contributed by atoms with Gasteiger partial charge in [0.05, 0.1) is 5.69 Å². The number of hydrogen-bond donors (Lipinski definition) is 1. The van der Waals surface area contributed by atoms with Crippen LogP contribution in [0.2, 0.25) is 0 Å². The first-order valence-electron chi connectivity index (χ1n) is 6.59. The lowest BCUT2D eigenvalue weighted by Crippen LogP contribution is -2.24. The minimum atomic E-state index is -0.344. The highest BCUT2D eigenvalue weighted by Crippen LogP contribution is 2.38. The molecule has 0 spiro atoms. The average molecular weight is 271 g/mol. The molecule has 1 N–H and O–H groups in total. The van der Waals surface area contributed by atoms with E-state index in [4.69, 9.17) is 0 Å². The topological polar surface area (TPSA) is 54.9 Å². The van der Waals surface area contributed by atoms with Crippen LogP contribution in [0.15, 0.2) is 36.4 Å². The molecule has 4 nitrogen and oxygen atoms in total. The second-order valence-corrected chi connectivity index (χ2v) is 4.89. The van der Waals surface area contributed by atoms with Crippen LogP contribution in [0.25, 0.3) is 0 Å². The molecular formula is C15H14FN3O. The fraction of sp³-hybridized carbons (Fsp3) is 0.267. The van der Waals surface area contributed by atoms with Crippen molar-refractivity contribution in [1.29, 1.82) is 0 Å². The molecule has 102 valence electrons. The van der Waals surface area contributed by atoms with Crippen molar-refractivity contribution in [2.75, 3.05) is 0 Å². The quantitative estimate of drug-likeness (QED) is 0.929. The average Bonchev–Trinajstić information content (AvgIpc) is 3.31. The second kappa shape index (κ2) is 5.36. The van der Waals surface area contributed by atoms with Crippen molar-refractivity contribution in [1.82, 2.24) is 15.5 Å². The van der Waals surface area contributed by atoms with Gasteiger partial charge < -0.3 is 5.32 Å². The summed E-state index contributed by atoms with van der Waals surface area (Å²) >= 11 is 0. The molecule has 1 fully saturated rings. The molecule has 1 aliphatic carbocycles. The normalized spacial score (nSPS) is 14.1. The molecule has 0 unspecified atom stereocenters. The first-order valence-corrected chi connectivity index (χ1v) is 6.59. The van der Waals surface area contributed by atoms with Crippen molar-refractivity contribution in [3.8, 4) is 0 Å². The summed E-state index contributed by atoms with van der Waals surface area (Å²) in [7, 11) is 0. The minimum Gasteiger partial charge on any atom is -0.346 e. The number of hydrogen-bond acceptors (Lipinski definition) is 3. The third kappa shape index (κ3) is 2.82. The highest BCUT2D eigenvalue weighted by Gasteiger charge is 2.25. The van der Waals surface area contributed by atoms with Gasteiger partial charge >= 0.3 is 0 Å². The van der Waals surface area contributed by atoms with Crippen LogP contribution in [-0.2, 0) is 6.54 Å². The maximum atomic E-state index is 13.4. The van der Waals surface area contributed by atoms with E-state index in [2.05, 4.69) is 15.5 Å². The van der Waals surface area contributed by atoms with Gasteiger partial charge in [0.2, 0.25) is 0 Å². The van der Waals surface area contributed by atoms with E-state index in [0.29, 0.717) is 11.5 Å². The predicted octanol–water partition coefficient (Wildman–Crippen LogP) is 2.42. The molecule has 0 aliphatic heterocycles. The van der Waals surface area contributed by atoms with E-state index in [1.807, 2.05) is 6.07 Å². The Morgan fingerprint density at radius 2 is 2.00 bits per heavy atom. The SMILES string of the molecule is O=C(NCc1ccccc1F)c1ccc(C2CC2)nn1. The molecule has 0 bridgehead atoms. The van der Waals surface area contributed by atoms with Crippen molar-refractivity contribution in [2.24, 2.45) is 0 Å². The summed E-state index contributed by atoms with van der Waals surface area (Å²) in [5, 5.41) is 10.6. The van der Waals surface area contributed by atoms with Crippen LogP contribution in [0.4, 0.5) is 4.39 Å². The molecule has 0 saturated heterocycles. The number of carbonyl (C=O) groups excluding carboxylic acids is 1. The number of nitrogens with one attached hydrogen (secondary N) is 1. The van der Waals surface area contributed by atoms with Gasteiger partial charge in [0.15, 0.2) is 5.69 Å². The van der Waals surface area contributed by atoms with Gasteiger partial charge in [-0.15, -0.1) is 5.10 Å². The van der Waals surface area contributed by atoms with Crippen LogP contribution >= 0.6 is 0 Å². The maximum Gasteiger partial charge on any atom is 0.272 e. The van der Waals surface area contributed by atoms with Crippen molar-refractivity contribution in [2.45, 2.75) is 25.3 Å². The van der Waals surface area contributed by atoms with Gasteiger partial charge in [-0.3, -0.25) is 4.79 Å². The molecule has 20 heavy (non-hydrogen) atoms. The van der Waals surface area contributed by atoms with Gasteiger partial charge in [-0.1, -0.05) is 18.2 Å². The Morgan fingerprint density at radius 1 is 1.20 bits per heavy atom. The molecule has 0 radical (unpaired) electrons. The van der Waals surface area contributed by atoms with Gasteiger partial charge in [-0.2, -0.15) is 5.10 Å². The highest BCUT2D eigenvalue weighted by molar-refractivity contribution is 5.91. The van der Waals surface area contributed by atoms with E-state index in [1.165, 1.54) is 6.07 Å². The maximum absolute atomic E-state index is 13.4. The molecule has 1 aromatic carbocycles. The summed E-state index contributed by atoms with van der Waals surface area (Å²) in [6, 6.07) is 9.85. The van der Waals surface area contributed by atoms with Crippen LogP contribution in [0.1, 0.15) is 40.5 Å². The predicted molar refractivity (Wildman–Crippen MR) is 71.6 cm³/mol. The lowest BCUT2D eigenvalue weighted by molar-refractivity contribution is 0.0944. The zero-order chi connectivity index (χ0) is 13.9. The Bertz CT molecular complexity index is 623. The van der Waals surface area contributed by atoms with Crippen molar-refractivity contribution in [3.63, 3.8) is 0 Å². The van der Waals surface area contributed by atoms with Crippen LogP contribution in [-0.4, -0.2) is 16.1 Å². The van der Waals surface area contributed by atoms with Gasteiger partial charge in [-0.25, -0.2) is 4.39 Å². The van der Waals surface area contributed by atoms with E-state index in [0.717, 1.165) is 18.5 Å². The first kappa shape index (κ1) is 12.7. The number of benzene rings is 1. The third-order valence-corrected chi connectivity index (χ3v) is 3.31. The fourth-order valence-electron chi connectivity index (χ4n) is 1.97. The first-order chi connectivity index (χ1) is 9.74. The van der Waals surface area contributed by atoms with E-state index in [1.54, 1.807) is 24.3 Å². The fourth-order valence-corrected chi connectivity index (χ4v) is 1.97. The summed E-state index contributed by atoms with van der Waals surface area (Å²) in [6.07, 6.45) is 2.29. The molecule has 0 atom stereocenters. The largest absolute Gasteiger partial charge is 0.346 e. The van der Waals surface area contributed by atoms with Gasteiger partial charge in [-0.05, 0) is 31.0 Å². The Kier molecular flexibility index (Phi) is 3.41. The molecule has 1 aliphatic rings. The molecule has 1 amide bonds. The highest BCUT2D eigenvalue weighted by atomic mass is 19.1. The molecule has 1 aromatic heterocycles. The summed E-state index contributed by atoms with van der Waals surface area (Å²) in [5.41, 5.74) is 1.64. The standard InChI is InChI=1S/C15H14FN3O/c16-12-4-2-1-3-11(12)9-17-15(20)14-8-7-13(18-19-14)10-5-6-10/h1-4,7-8,10H,5-6,9H2,(H,17,20). The lowest BCUT2D eigenvalue weighted by Gasteiger charge is -2.05. The third-order valence-electron chi connectivity index (χ3n) is 3.31. The Morgan fingerprint density at radius 3 is 2.65 bits per heavy atom. The van der Waals surface area contributed by atoms with Crippen LogP contribution in [0.3, 0.4) is 0 Å². The summed E-state index contributed by atoms with van der Waals surface area (Å²) in [6.45, 7) is 0.136. The zero-order valence-corrected chi connectivity index (χ0v) is 10.8. The molecule has 1 heterocycles. The molecular weight excluding hydrogens is 257 g/mol. The van der Waals surface area contributed by atoms with Crippen LogP contribution in [0.5, 0.6) is 0 Å². The Hall–Kier alpha value is -2.30. The summed E-state index contributed by atoms with van der Waals surface area (Å²) < 4.78 is 13.4. The van der Waals surface area contributed by atoms with Crippen molar-refractivity contribution < 1.29 is 9.18 Å². The Balaban J connectivity index is 1.62. The van der Waals surface area contributed by atoms with Gasteiger partial charge in [0, 0.05) is 18.0 Å².